The molecule has 8 heteroatoms. The van der Waals surface area contributed by atoms with Crippen LogP contribution in [0.15, 0.2) is 18.2 Å². The lowest BCUT2D eigenvalue weighted by Crippen LogP contribution is -2.39. The molecule has 25 heavy (non-hydrogen) atoms. The van der Waals surface area contributed by atoms with Crippen molar-refractivity contribution < 1.29 is 19.1 Å². The van der Waals surface area contributed by atoms with Crippen molar-refractivity contribution >= 4 is 35.0 Å². The summed E-state index contributed by atoms with van der Waals surface area (Å²) in [5, 5.41) is 0.839. The van der Waals surface area contributed by atoms with E-state index in [0.29, 0.717) is 61.4 Å². The Morgan fingerprint density at radius 1 is 1.08 bits per heavy atom. The normalized spacial score (nSPS) is 15.2. The number of rotatable bonds is 6. The first-order valence-corrected chi connectivity index (χ1v) is 8.87. The molecule has 2 amide bonds. The molecule has 1 saturated heterocycles. The summed E-state index contributed by atoms with van der Waals surface area (Å²) in [6.07, 6.45) is 0.702. The smallest absolute Gasteiger partial charge is 0.255 e. The van der Waals surface area contributed by atoms with Gasteiger partial charge in [-0.25, -0.2) is 0 Å². The number of ether oxygens (including phenoxy) is 2. The van der Waals surface area contributed by atoms with Crippen LogP contribution in [0, 0.1) is 0 Å². The minimum absolute atomic E-state index is 0.0252. The first-order chi connectivity index (χ1) is 12.0. The van der Waals surface area contributed by atoms with Crippen LogP contribution < -0.4 is 0 Å². The molecule has 0 unspecified atom stereocenters. The first-order valence-electron chi connectivity index (χ1n) is 8.11. The van der Waals surface area contributed by atoms with E-state index in [9.17, 15) is 9.59 Å². The molecule has 0 radical (unpaired) electrons. The Morgan fingerprint density at radius 3 is 2.56 bits per heavy atom. The lowest BCUT2D eigenvalue weighted by atomic mass is 10.2. The largest absolute Gasteiger partial charge is 0.382 e. The second-order valence-corrected chi connectivity index (χ2v) is 6.54. The highest BCUT2D eigenvalue weighted by molar-refractivity contribution is 6.35. The number of carbonyl (C=O) groups excluding carboxylic acids is 2. The summed E-state index contributed by atoms with van der Waals surface area (Å²) in [7, 11) is 1.58. The molecule has 0 aromatic heterocycles. The summed E-state index contributed by atoms with van der Waals surface area (Å²) in [5.41, 5.74) is 0.386. The van der Waals surface area contributed by atoms with Crippen LogP contribution in [0.25, 0.3) is 0 Å². The van der Waals surface area contributed by atoms with Gasteiger partial charge in [-0.2, -0.15) is 0 Å². The Hall–Kier alpha value is -1.34. The molecule has 0 aliphatic carbocycles. The number of methoxy groups -OCH3 is 1. The van der Waals surface area contributed by atoms with Gasteiger partial charge in [-0.05, 0) is 24.6 Å². The zero-order chi connectivity index (χ0) is 18.2. The van der Waals surface area contributed by atoms with Crippen molar-refractivity contribution in [3.8, 4) is 0 Å². The molecule has 2 rings (SSSR count). The molecule has 1 aromatic carbocycles. The SMILES string of the molecule is COCCOCC(=O)N1CCCN(C(=O)c2cc(Cl)ccc2Cl)CC1. The number of hydrogen-bond donors (Lipinski definition) is 0. The average Bonchev–Trinajstić information content (AvgIpc) is 2.86. The summed E-state index contributed by atoms with van der Waals surface area (Å²) in [6, 6.07) is 4.83. The third-order valence-electron chi connectivity index (χ3n) is 3.95. The second-order valence-electron chi connectivity index (χ2n) is 5.70. The van der Waals surface area contributed by atoms with Gasteiger partial charge in [0.15, 0.2) is 0 Å². The van der Waals surface area contributed by atoms with Gasteiger partial charge in [-0.3, -0.25) is 9.59 Å². The van der Waals surface area contributed by atoms with Gasteiger partial charge in [-0.1, -0.05) is 23.2 Å². The van der Waals surface area contributed by atoms with Crippen LogP contribution in [0.3, 0.4) is 0 Å². The molecule has 1 aliphatic rings. The summed E-state index contributed by atoms with van der Waals surface area (Å²) >= 11 is 12.1. The number of carbonyl (C=O) groups is 2. The van der Waals surface area contributed by atoms with Crippen molar-refractivity contribution in [1.82, 2.24) is 9.80 Å². The zero-order valence-corrected chi connectivity index (χ0v) is 15.7. The Bertz CT molecular complexity index is 612. The lowest BCUT2D eigenvalue weighted by Gasteiger charge is -2.22. The Labute approximate surface area is 157 Å². The highest BCUT2D eigenvalue weighted by Gasteiger charge is 2.24. The molecule has 6 nitrogen and oxygen atoms in total. The van der Waals surface area contributed by atoms with Crippen LogP contribution in [0.4, 0.5) is 0 Å². The van der Waals surface area contributed by atoms with Gasteiger partial charge < -0.3 is 19.3 Å². The van der Waals surface area contributed by atoms with Crippen molar-refractivity contribution in [2.45, 2.75) is 6.42 Å². The lowest BCUT2D eigenvalue weighted by molar-refractivity contribution is -0.136. The zero-order valence-electron chi connectivity index (χ0n) is 14.2. The topological polar surface area (TPSA) is 59.1 Å². The molecule has 0 spiro atoms. The van der Waals surface area contributed by atoms with E-state index < -0.39 is 0 Å². The molecule has 138 valence electrons. The third kappa shape index (κ3) is 5.85. The molecule has 0 bridgehead atoms. The second kappa shape index (κ2) is 9.97. The van der Waals surface area contributed by atoms with Crippen molar-refractivity contribution in [2.24, 2.45) is 0 Å². The maximum Gasteiger partial charge on any atom is 0.255 e. The maximum absolute atomic E-state index is 12.7. The van der Waals surface area contributed by atoms with Gasteiger partial charge in [0, 0.05) is 38.3 Å². The van der Waals surface area contributed by atoms with Crippen LogP contribution in [0.5, 0.6) is 0 Å². The molecular weight excluding hydrogens is 367 g/mol. The number of hydrogen-bond acceptors (Lipinski definition) is 4. The van der Waals surface area contributed by atoms with E-state index in [-0.39, 0.29) is 18.4 Å². The predicted octanol–water partition coefficient (Wildman–Crippen LogP) is 2.33. The minimum atomic E-state index is -0.168. The molecule has 1 aromatic rings. The van der Waals surface area contributed by atoms with E-state index in [1.165, 1.54) is 0 Å². The van der Waals surface area contributed by atoms with E-state index >= 15 is 0 Å². The van der Waals surface area contributed by atoms with Crippen LogP contribution in [0.2, 0.25) is 10.0 Å². The number of halogens is 2. The molecule has 0 saturated carbocycles. The van der Waals surface area contributed by atoms with Crippen LogP contribution >= 0.6 is 23.2 Å². The third-order valence-corrected chi connectivity index (χ3v) is 4.52. The van der Waals surface area contributed by atoms with Gasteiger partial charge >= 0.3 is 0 Å². The monoisotopic (exact) mass is 388 g/mol. The minimum Gasteiger partial charge on any atom is -0.382 e. The number of benzene rings is 1. The summed E-state index contributed by atoms with van der Waals surface area (Å²) in [4.78, 5) is 28.3. The molecule has 1 aliphatic heterocycles. The van der Waals surface area contributed by atoms with E-state index in [1.54, 1.807) is 35.1 Å². The van der Waals surface area contributed by atoms with Crippen molar-refractivity contribution in [2.75, 3.05) is 53.1 Å². The Morgan fingerprint density at radius 2 is 1.80 bits per heavy atom. The predicted molar refractivity (Wildman–Crippen MR) is 96.3 cm³/mol. The van der Waals surface area contributed by atoms with Crippen LogP contribution in [-0.2, 0) is 14.3 Å². The molecular formula is C17H22Cl2N2O4. The van der Waals surface area contributed by atoms with E-state index in [1.807, 2.05) is 0 Å². The van der Waals surface area contributed by atoms with Crippen molar-refractivity contribution in [1.29, 1.82) is 0 Å². The number of nitrogens with zero attached hydrogens (tertiary/aromatic N) is 2. The van der Waals surface area contributed by atoms with Gasteiger partial charge in [0.2, 0.25) is 5.91 Å². The standard InChI is InChI=1S/C17H22Cl2N2O4/c1-24-9-10-25-12-16(22)20-5-2-6-21(8-7-20)17(23)14-11-13(18)3-4-15(14)19/h3-4,11H,2,5-10,12H2,1H3. The van der Waals surface area contributed by atoms with E-state index in [4.69, 9.17) is 32.7 Å². The fourth-order valence-electron chi connectivity index (χ4n) is 2.59. The van der Waals surface area contributed by atoms with Gasteiger partial charge in [0.25, 0.3) is 5.91 Å². The average molecular weight is 389 g/mol. The molecule has 0 atom stereocenters. The van der Waals surface area contributed by atoms with Crippen LogP contribution in [0.1, 0.15) is 16.8 Å². The fourth-order valence-corrected chi connectivity index (χ4v) is 2.97. The van der Waals surface area contributed by atoms with E-state index in [2.05, 4.69) is 0 Å². The Kier molecular flexibility index (Phi) is 7.96. The van der Waals surface area contributed by atoms with Crippen molar-refractivity contribution in [3.05, 3.63) is 33.8 Å². The van der Waals surface area contributed by atoms with Gasteiger partial charge in [-0.15, -0.1) is 0 Å². The van der Waals surface area contributed by atoms with Gasteiger partial charge in [0.1, 0.15) is 6.61 Å². The summed E-state index contributed by atoms with van der Waals surface area (Å²) in [5.74, 6) is -0.246. The van der Waals surface area contributed by atoms with E-state index in [0.717, 1.165) is 0 Å². The van der Waals surface area contributed by atoms with Crippen molar-refractivity contribution in [3.63, 3.8) is 0 Å². The summed E-state index contributed by atoms with van der Waals surface area (Å²) < 4.78 is 10.1. The molecule has 0 N–H and O–H groups in total. The fraction of sp³-hybridized carbons (Fsp3) is 0.529. The molecule has 1 fully saturated rings. The van der Waals surface area contributed by atoms with Gasteiger partial charge in [0.05, 0.1) is 23.8 Å². The first kappa shape index (κ1) is 20.0. The number of amides is 2. The highest BCUT2D eigenvalue weighted by Crippen LogP contribution is 2.22. The highest BCUT2D eigenvalue weighted by atomic mass is 35.5. The summed E-state index contributed by atoms with van der Waals surface area (Å²) in [6.45, 7) is 2.94. The maximum atomic E-state index is 12.7. The van der Waals surface area contributed by atoms with Crippen LogP contribution in [-0.4, -0.2) is 74.7 Å². The Balaban J connectivity index is 1.91. The molecule has 1 heterocycles. The quantitative estimate of drug-likeness (QED) is 0.701.